The van der Waals surface area contributed by atoms with Crippen LogP contribution < -0.4 is 5.32 Å². The molecule has 0 amide bonds. The average molecular weight is 510 g/mol. The third-order valence-electron chi connectivity index (χ3n) is 7.10. The molecule has 10 heteroatoms. The topological polar surface area (TPSA) is 47.3 Å². The third-order valence-corrected chi connectivity index (χ3v) is 7.10. The van der Waals surface area contributed by atoms with Gasteiger partial charge in [0.2, 0.25) is 0 Å². The Labute approximate surface area is 203 Å². The number of rotatable bonds is 5. The van der Waals surface area contributed by atoms with Gasteiger partial charge in [-0.05, 0) is 55.5 Å². The number of piperidine rings is 1. The molecule has 4 atom stereocenters. The summed E-state index contributed by atoms with van der Waals surface area (Å²) in [5.41, 5.74) is -1.87. The maximum Gasteiger partial charge on any atom is 0.416 e. The Morgan fingerprint density at radius 1 is 1.00 bits per heavy atom. The number of aromatic nitrogens is 1. The predicted octanol–water partition coefficient (Wildman–Crippen LogP) is 6.74. The van der Waals surface area contributed by atoms with E-state index in [2.05, 4.69) is 10.3 Å². The second kappa shape index (κ2) is 8.92. The highest BCUT2D eigenvalue weighted by molar-refractivity contribution is 5.35. The van der Waals surface area contributed by atoms with Gasteiger partial charge in [0.15, 0.2) is 5.89 Å². The fraction of sp³-hybridized carbons (Fsp3) is 0.423. The Kier molecular flexibility index (Phi) is 6.15. The highest BCUT2D eigenvalue weighted by atomic mass is 19.4. The first-order chi connectivity index (χ1) is 17.0. The number of hydrogen-bond acceptors (Lipinski definition) is 4. The van der Waals surface area contributed by atoms with Gasteiger partial charge in [-0.2, -0.15) is 26.3 Å². The van der Waals surface area contributed by atoms with Crippen LogP contribution in [0.25, 0.3) is 0 Å². The van der Waals surface area contributed by atoms with E-state index in [4.69, 9.17) is 9.15 Å². The number of nitrogens with one attached hydrogen (secondary N) is 1. The van der Waals surface area contributed by atoms with Crippen molar-refractivity contribution in [3.63, 3.8) is 0 Å². The first-order valence-electron chi connectivity index (χ1n) is 11.6. The van der Waals surface area contributed by atoms with Crippen molar-refractivity contribution in [3.05, 3.63) is 88.6 Å². The van der Waals surface area contributed by atoms with Gasteiger partial charge in [-0.1, -0.05) is 30.3 Å². The molecule has 3 heterocycles. The highest BCUT2D eigenvalue weighted by Crippen LogP contribution is 2.51. The number of aryl methyl sites for hydroxylation is 1. The Morgan fingerprint density at radius 3 is 2.25 bits per heavy atom. The van der Waals surface area contributed by atoms with E-state index in [1.54, 1.807) is 6.26 Å². The maximum atomic E-state index is 13.3. The third kappa shape index (κ3) is 4.64. The normalized spacial score (nSPS) is 26.4. The molecule has 1 aromatic heterocycles. The summed E-state index contributed by atoms with van der Waals surface area (Å²) in [6.45, 7) is 1.45. The van der Waals surface area contributed by atoms with Crippen molar-refractivity contribution in [2.75, 3.05) is 0 Å². The Hall–Kier alpha value is -2.85. The van der Waals surface area contributed by atoms with Crippen molar-refractivity contribution in [1.29, 1.82) is 0 Å². The zero-order valence-corrected chi connectivity index (χ0v) is 19.3. The van der Waals surface area contributed by atoms with Gasteiger partial charge in [0.05, 0.1) is 41.0 Å². The van der Waals surface area contributed by atoms with Gasteiger partial charge in [0, 0.05) is 6.04 Å². The number of halogens is 6. The van der Waals surface area contributed by atoms with Crippen LogP contribution in [0.5, 0.6) is 0 Å². The molecule has 0 spiro atoms. The fourth-order valence-corrected chi connectivity index (χ4v) is 5.50. The van der Waals surface area contributed by atoms with Crippen molar-refractivity contribution >= 4 is 0 Å². The molecule has 4 nitrogen and oxygen atoms in total. The lowest BCUT2D eigenvalue weighted by Gasteiger charge is -2.42. The Balaban J connectivity index is 1.46. The molecule has 0 radical (unpaired) electrons. The monoisotopic (exact) mass is 510 g/mol. The summed E-state index contributed by atoms with van der Waals surface area (Å²) < 4.78 is 91.7. The first-order valence-corrected chi connectivity index (χ1v) is 11.6. The van der Waals surface area contributed by atoms with Crippen LogP contribution >= 0.6 is 0 Å². The van der Waals surface area contributed by atoms with Crippen LogP contribution in [0, 0.1) is 6.92 Å². The summed E-state index contributed by atoms with van der Waals surface area (Å²) in [7, 11) is 0. The van der Waals surface area contributed by atoms with Crippen LogP contribution in [-0.4, -0.2) is 17.1 Å². The molecule has 0 saturated carbocycles. The molecular formula is C26H24F6N2O2. The number of hydrogen-bond donors (Lipinski definition) is 1. The number of nitrogens with zero attached hydrogens (tertiary/aromatic N) is 1. The van der Waals surface area contributed by atoms with E-state index >= 15 is 0 Å². The molecule has 192 valence electrons. The second-order valence-corrected chi connectivity index (χ2v) is 9.52. The smallest absolute Gasteiger partial charge is 0.416 e. The minimum Gasteiger partial charge on any atom is -0.448 e. The zero-order valence-electron chi connectivity index (χ0n) is 19.3. The van der Waals surface area contributed by atoms with Crippen molar-refractivity contribution in [2.24, 2.45) is 0 Å². The van der Waals surface area contributed by atoms with Crippen LogP contribution in [0.15, 0.2) is 59.2 Å². The van der Waals surface area contributed by atoms with Crippen molar-refractivity contribution < 1.29 is 35.5 Å². The van der Waals surface area contributed by atoms with Crippen LogP contribution in [0.3, 0.4) is 0 Å². The van der Waals surface area contributed by atoms with Crippen molar-refractivity contribution in [2.45, 2.75) is 68.7 Å². The van der Waals surface area contributed by atoms with Gasteiger partial charge in [0.1, 0.15) is 6.26 Å². The van der Waals surface area contributed by atoms with Crippen molar-refractivity contribution in [1.82, 2.24) is 10.3 Å². The van der Waals surface area contributed by atoms with Gasteiger partial charge >= 0.3 is 12.4 Å². The molecular weight excluding hydrogens is 486 g/mol. The van der Waals surface area contributed by atoms with Crippen LogP contribution in [0.1, 0.15) is 59.0 Å². The van der Waals surface area contributed by atoms with E-state index in [9.17, 15) is 26.3 Å². The van der Waals surface area contributed by atoms with E-state index in [1.165, 1.54) is 0 Å². The SMILES string of the molecule is Cc1coc(C2CC3(c4ccccc4)NC2CCC3OCc2cc(C(F)(F)F)cc(C(F)(F)F)c2)n1. The fourth-order valence-electron chi connectivity index (χ4n) is 5.50. The van der Waals surface area contributed by atoms with Gasteiger partial charge in [-0.15, -0.1) is 0 Å². The first kappa shape index (κ1) is 24.8. The highest BCUT2D eigenvalue weighted by Gasteiger charge is 2.55. The second-order valence-electron chi connectivity index (χ2n) is 9.52. The van der Waals surface area contributed by atoms with E-state index in [0.717, 1.165) is 23.4 Å². The van der Waals surface area contributed by atoms with E-state index < -0.39 is 35.1 Å². The van der Waals surface area contributed by atoms with Gasteiger partial charge in [-0.3, -0.25) is 0 Å². The van der Waals surface area contributed by atoms with Gasteiger partial charge < -0.3 is 14.5 Å². The summed E-state index contributed by atoms with van der Waals surface area (Å²) >= 11 is 0. The number of alkyl halides is 6. The van der Waals surface area contributed by atoms with Gasteiger partial charge in [0.25, 0.3) is 0 Å². The number of benzene rings is 2. The molecule has 2 aliphatic heterocycles. The number of oxazole rings is 1. The molecule has 0 aliphatic carbocycles. The molecule has 5 rings (SSSR count). The minimum atomic E-state index is -4.91. The molecule has 1 N–H and O–H groups in total. The predicted molar refractivity (Wildman–Crippen MR) is 118 cm³/mol. The van der Waals surface area contributed by atoms with Crippen molar-refractivity contribution in [3.8, 4) is 0 Å². The van der Waals surface area contributed by atoms with Gasteiger partial charge in [-0.25, -0.2) is 4.98 Å². The summed E-state index contributed by atoms with van der Waals surface area (Å²) in [4.78, 5) is 4.50. The molecule has 2 bridgehead atoms. The average Bonchev–Trinajstić information content (AvgIpc) is 3.39. The molecule has 3 aromatic rings. The molecule has 2 aromatic carbocycles. The lowest BCUT2D eigenvalue weighted by atomic mass is 9.80. The number of fused-ring (bicyclic) bond motifs is 2. The summed E-state index contributed by atoms with van der Waals surface area (Å²) in [6.07, 6.45) is -6.87. The molecule has 2 fully saturated rings. The minimum absolute atomic E-state index is 0.0436. The Morgan fingerprint density at radius 2 is 1.67 bits per heavy atom. The summed E-state index contributed by atoms with van der Waals surface area (Å²) in [6, 6.07) is 11.2. The van der Waals surface area contributed by atoms with Crippen LogP contribution in [0.4, 0.5) is 26.3 Å². The quantitative estimate of drug-likeness (QED) is 0.386. The molecule has 4 unspecified atom stereocenters. The Bertz CT molecular complexity index is 1190. The number of ether oxygens (including phenoxy) is 1. The van der Waals surface area contributed by atoms with Crippen LogP contribution in [0.2, 0.25) is 0 Å². The standard InChI is InChI=1S/C26H24F6N2O2/c1-15-13-36-23(33-15)20-12-24(17-5-3-2-4-6-17)22(8-7-21(20)34-24)35-14-16-9-18(25(27,28)29)11-19(10-16)26(30,31)32/h2-6,9-11,13,20-22,34H,7-8,12,14H2,1H3. The van der Waals surface area contributed by atoms with E-state index in [-0.39, 0.29) is 30.2 Å². The maximum absolute atomic E-state index is 13.3. The van der Waals surface area contributed by atoms with Crippen LogP contribution in [-0.2, 0) is 29.2 Å². The van der Waals surface area contributed by atoms with E-state index in [1.807, 2.05) is 37.3 Å². The summed E-state index contributed by atoms with van der Waals surface area (Å²) in [5.74, 6) is 0.564. The lowest BCUT2D eigenvalue weighted by molar-refractivity contribution is -0.143. The molecule has 2 aliphatic rings. The lowest BCUT2D eigenvalue weighted by Crippen LogP contribution is -2.54. The van der Waals surface area contributed by atoms with E-state index in [0.29, 0.717) is 25.2 Å². The zero-order chi connectivity index (χ0) is 25.7. The molecule has 36 heavy (non-hydrogen) atoms. The summed E-state index contributed by atoms with van der Waals surface area (Å²) in [5, 5.41) is 3.65. The molecule has 2 saturated heterocycles. The largest absolute Gasteiger partial charge is 0.448 e.